The first-order chi connectivity index (χ1) is 7.20. The van der Waals surface area contributed by atoms with Crippen molar-refractivity contribution in [2.24, 2.45) is 11.6 Å². The molecule has 0 amide bonds. The second-order valence-corrected chi connectivity index (χ2v) is 4.11. The summed E-state index contributed by atoms with van der Waals surface area (Å²) >= 11 is 0. The van der Waals surface area contributed by atoms with Crippen LogP contribution in [0.5, 0.6) is 0 Å². The number of rotatable bonds is 9. The topological polar surface area (TPSA) is 55.3 Å². The summed E-state index contributed by atoms with van der Waals surface area (Å²) in [7, 11) is 0. The van der Waals surface area contributed by atoms with Crippen molar-refractivity contribution in [2.45, 2.75) is 58.8 Å². The third-order valence-electron chi connectivity index (χ3n) is 2.42. The van der Waals surface area contributed by atoms with E-state index in [1.54, 1.807) is 5.01 Å². The molecule has 0 aromatic carbocycles. The molecule has 0 aromatic heterocycles. The first-order valence-electron chi connectivity index (χ1n) is 6.18. The zero-order chi connectivity index (χ0) is 11.5. The lowest BCUT2D eigenvalue weighted by atomic mass is 10.2. The lowest BCUT2D eigenvalue weighted by Crippen LogP contribution is -2.27. The maximum Gasteiger partial charge on any atom is 0.0342 e. The van der Waals surface area contributed by atoms with Crippen LogP contribution in [0.2, 0.25) is 0 Å². The molecule has 0 spiro atoms. The quantitative estimate of drug-likeness (QED) is 0.352. The van der Waals surface area contributed by atoms with Gasteiger partial charge < -0.3 is 10.7 Å². The normalized spacial score (nSPS) is 11.8. The number of nitrogens with two attached hydrogens (primary N) is 2. The van der Waals surface area contributed by atoms with Crippen molar-refractivity contribution < 1.29 is 0 Å². The molecular formula is C12H27N3. The summed E-state index contributed by atoms with van der Waals surface area (Å²) in [5.41, 5.74) is 6.73. The van der Waals surface area contributed by atoms with Gasteiger partial charge in [-0.25, -0.2) is 5.84 Å². The van der Waals surface area contributed by atoms with Crippen molar-refractivity contribution >= 4 is 0 Å². The monoisotopic (exact) mass is 213 g/mol. The average molecular weight is 213 g/mol. The van der Waals surface area contributed by atoms with E-state index in [1.807, 2.05) is 6.20 Å². The fraction of sp³-hybridized carbons (Fsp3) is 0.833. The van der Waals surface area contributed by atoms with Gasteiger partial charge in [-0.3, -0.25) is 0 Å². The average Bonchev–Trinajstić information content (AvgIpc) is 2.21. The van der Waals surface area contributed by atoms with Crippen LogP contribution in [-0.4, -0.2) is 11.6 Å². The van der Waals surface area contributed by atoms with E-state index in [4.69, 9.17) is 11.6 Å². The lowest BCUT2D eigenvalue weighted by Gasteiger charge is -2.14. The van der Waals surface area contributed by atoms with Crippen molar-refractivity contribution in [1.82, 2.24) is 5.01 Å². The van der Waals surface area contributed by atoms with Crippen LogP contribution in [0, 0.1) is 0 Å². The van der Waals surface area contributed by atoms with E-state index in [1.165, 1.54) is 25.7 Å². The second kappa shape index (κ2) is 9.84. The zero-order valence-electron chi connectivity index (χ0n) is 10.3. The first-order valence-corrected chi connectivity index (χ1v) is 6.18. The highest BCUT2D eigenvalue weighted by molar-refractivity contribution is 4.94. The van der Waals surface area contributed by atoms with Gasteiger partial charge in [-0.2, -0.15) is 0 Å². The highest BCUT2D eigenvalue weighted by atomic mass is 15.4. The fourth-order valence-corrected chi connectivity index (χ4v) is 1.44. The number of allylic oxidation sites excluding steroid dienone is 1. The Bertz CT molecular complexity index is 166. The molecule has 0 aliphatic heterocycles. The summed E-state index contributed by atoms with van der Waals surface area (Å²) in [6.07, 6.45) is 10.1. The van der Waals surface area contributed by atoms with E-state index in [0.29, 0.717) is 0 Å². The first kappa shape index (κ1) is 14.3. The van der Waals surface area contributed by atoms with Gasteiger partial charge in [-0.05, 0) is 19.3 Å². The molecular weight excluding hydrogens is 186 g/mol. The molecule has 15 heavy (non-hydrogen) atoms. The van der Waals surface area contributed by atoms with Gasteiger partial charge >= 0.3 is 0 Å². The maximum atomic E-state index is 5.83. The van der Waals surface area contributed by atoms with Crippen molar-refractivity contribution in [3.05, 3.63) is 11.9 Å². The largest absolute Gasteiger partial charge is 0.401 e. The predicted molar refractivity (Wildman–Crippen MR) is 66.8 cm³/mol. The highest BCUT2D eigenvalue weighted by Gasteiger charge is 1.95. The molecule has 0 aliphatic rings. The minimum atomic E-state index is 0.898. The Kier molecular flexibility index (Phi) is 9.38. The number of hydrogen-bond acceptors (Lipinski definition) is 3. The van der Waals surface area contributed by atoms with Crippen LogP contribution in [0.1, 0.15) is 58.8 Å². The van der Waals surface area contributed by atoms with E-state index in [-0.39, 0.29) is 0 Å². The third kappa shape index (κ3) is 9.60. The molecule has 90 valence electrons. The smallest absolute Gasteiger partial charge is 0.0342 e. The number of hydrogen-bond donors (Lipinski definition) is 2. The molecule has 0 saturated carbocycles. The molecule has 4 N–H and O–H groups in total. The van der Waals surface area contributed by atoms with Gasteiger partial charge in [0.2, 0.25) is 0 Å². The van der Waals surface area contributed by atoms with Crippen LogP contribution >= 0.6 is 0 Å². The molecule has 0 bridgehead atoms. The Labute approximate surface area is 94.5 Å². The van der Waals surface area contributed by atoms with Crippen molar-refractivity contribution in [3.8, 4) is 0 Å². The van der Waals surface area contributed by atoms with Crippen LogP contribution in [-0.2, 0) is 0 Å². The van der Waals surface area contributed by atoms with Crippen molar-refractivity contribution in [1.29, 1.82) is 0 Å². The van der Waals surface area contributed by atoms with E-state index >= 15 is 0 Å². The summed E-state index contributed by atoms with van der Waals surface area (Å²) in [5.74, 6) is 5.81. The van der Waals surface area contributed by atoms with Crippen LogP contribution in [0.15, 0.2) is 11.9 Å². The fourth-order valence-electron chi connectivity index (χ4n) is 1.44. The van der Waals surface area contributed by atoms with Crippen LogP contribution in [0.3, 0.4) is 0 Å². The Morgan fingerprint density at radius 3 is 2.33 bits per heavy atom. The van der Waals surface area contributed by atoms with Crippen LogP contribution in [0.4, 0.5) is 0 Å². The molecule has 0 radical (unpaired) electrons. The van der Waals surface area contributed by atoms with Gasteiger partial charge in [0.15, 0.2) is 0 Å². The third-order valence-corrected chi connectivity index (χ3v) is 2.42. The van der Waals surface area contributed by atoms with Crippen molar-refractivity contribution in [3.63, 3.8) is 0 Å². The number of unbranched alkanes of at least 4 members (excludes halogenated alkanes) is 4. The Morgan fingerprint density at radius 2 is 1.73 bits per heavy atom. The van der Waals surface area contributed by atoms with Gasteiger partial charge in [0.1, 0.15) is 0 Å². The number of hydrazine groups is 1. The Hall–Kier alpha value is -0.700. The zero-order valence-corrected chi connectivity index (χ0v) is 10.3. The van der Waals surface area contributed by atoms with Gasteiger partial charge in [0.25, 0.3) is 0 Å². The minimum Gasteiger partial charge on any atom is -0.401 e. The summed E-state index contributed by atoms with van der Waals surface area (Å²) in [5, 5.41) is 1.72. The SMILES string of the molecule is CCCCCCN(N)/C=C(\N)CCCC. The van der Waals surface area contributed by atoms with Crippen molar-refractivity contribution in [2.75, 3.05) is 6.54 Å². The van der Waals surface area contributed by atoms with Crippen LogP contribution in [0.25, 0.3) is 0 Å². The van der Waals surface area contributed by atoms with E-state index in [0.717, 1.165) is 31.5 Å². The summed E-state index contributed by atoms with van der Waals surface area (Å²) < 4.78 is 0. The molecule has 0 unspecified atom stereocenters. The summed E-state index contributed by atoms with van der Waals surface area (Å²) in [4.78, 5) is 0. The molecule has 0 aromatic rings. The Balaban J connectivity index is 3.56. The molecule has 0 atom stereocenters. The van der Waals surface area contributed by atoms with Gasteiger partial charge in [0.05, 0.1) is 0 Å². The molecule has 0 saturated heterocycles. The lowest BCUT2D eigenvalue weighted by molar-refractivity contribution is 0.373. The number of nitrogens with zero attached hydrogens (tertiary/aromatic N) is 1. The molecule has 0 aliphatic carbocycles. The standard InChI is InChI=1S/C12H27N3/c1-3-5-7-8-10-15(14)11-12(13)9-6-4-2/h11H,3-10,13-14H2,1-2H3/b12-11-. The van der Waals surface area contributed by atoms with E-state index < -0.39 is 0 Å². The molecule has 0 fully saturated rings. The van der Waals surface area contributed by atoms with Gasteiger partial charge in [0, 0.05) is 18.4 Å². The molecule has 3 heteroatoms. The second-order valence-electron chi connectivity index (χ2n) is 4.11. The highest BCUT2D eigenvalue weighted by Crippen LogP contribution is 2.03. The van der Waals surface area contributed by atoms with Gasteiger partial charge in [-0.1, -0.05) is 39.5 Å². The van der Waals surface area contributed by atoms with E-state index in [2.05, 4.69) is 13.8 Å². The maximum absolute atomic E-state index is 5.83. The Morgan fingerprint density at radius 1 is 1.07 bits per heavy atom. The molecule has 3 nitrogen and oxygen atoms in total. The van der Waals surface area contributed by atoms with Gasteiger partial charge in [-0.15, -0.1) is 0 Å². The van der Waals surface area contributed by atoms with E-state index in [9.17, 15) is 0 Å². The molecule has 0 heterocycles. The summed E-state index contributed by atoms with van der Waals surface area (Å²) in [6, 6.07) is 0. The predicted octanol–water partition coefficient (Wildman–Crippen LogP) is 2.73. The molecule has 0 rings (SSSR count). The van der Waals surface area contributed by atoms with Crippen LogP contribution < -0.4 is 11.6 Å². The minimum absolute atomic E-state index is 0.898. The summed E-state index contributed by atoms with van der Waals surface area (Å²) in [6.45, 7) is 5.29.